The van der Waals surface area contributed by atoms with Gasteiger partial charge in [-0.1, -0.05) is 0 Å². The summed E-state index contributed by atoms with van der Waals surface area (Å²) in [6, 6.07) is 1.19. The molecular weight excluding hydrogens is 230 g/mol. The molecule has 104 valence electrons. The molecule has 2 saturated heterocycles. The van der Waals surface area contributed by atoms with Gasteiger partial charge in [0.05, 0.1) is 7.11 Å². The smallest absolute Gasteiger partial charge is 0.324 e. The maximum atomic E-state index is 11.6. The number of methoxy groups -OCH3 is 1. The van der Waals surface area contributed by atoms with Crippen LogP contribution in [0.3, 0.4) is 0 Å². The van der Waals surface area contributed by atoms with Gasteiger partial charge >= 0.3 is 5.97 Å². The third-order valence-corrected chi connectivity index (χ3v) is 4.51. The van der Waals surface area contributed by atoms with Crippen molar-refractivity contribution in [1.82, 2.24) is 15.1 Å². The van der Waals surface area contributed by atoms with Crippen LogP contribution in [0.25, 0.3) is 0 Å². The van der Waals surface area contributed by atoms with E-state index in [2.05, 4.69) is 22.2 Å². The number of hydrogen-bond acceptors (Lipinski definition) is 5. The Morgan fingerprint density at radius 2 is 2.11 bits per heavy atom. The van der Waals surface area contributed by atoms with Gasteiger partial charge in [0, 0.05) is 25.2 Å². The van der Waals surface area contributed by atoms with Gasteiger partial charge in [0.2, 0.25) is 0 Å². The van der Waals surface area contributed by atoms with E-state index in [9.17, 15) is 4.79 Å². The van der Waals surface area contributed by atoms with Gasteiger partial charge in [-0.15, -0.1) is 0 Å². The van der Waals surface area contributed by atoms with Crippen molar-refractivity contribution in [1.29, 1.82) is 0 Å². The number of carbonyl (C=O) groups excluding carboxylic acids is 1. The fourth-order valence-corrected chi connectivity index (χ4v) is 3.23. The normalized spacial score (nSPS) is 31.1. The zero-order valence-electron chi connectivity index (χ0n) is 11.7. The van der Waals surface area contributed by atoms with Crippen LogP contribution in [0.1, 0.15) is 19.3 Å². The lowest BCUT2D eigenvalue weighted by Gasteiger charge is -2.28. The first-order valence-corrected chi connectivity index (χ1v) is 6.85. The number of ether oxygens (including phenoxy) is 1. The van der Waals surface area contributed by atoms with Gasteiger partial charge in [-0.05, 0) is 39.9 Å². The molecule has 2 heterocycles. The summed E-state index contributed by atoms with van der Waals surface area (Å²) < 4.78 is 4.82. The lowest BCUT2D eigenvalue weighted by Crippen LogP contribution is -2.47. The highest BCUT2D eigenvalue weighted by molar-refractivity contribution is 5.75. The molecule has 3 unspecified atom stereocenters. The molecule has 3 atom stereocenters. The molecule has 2 fully saturated rings. The molecule has 18 heavy (non-hydrogen) atoms. The first kappa shape index (κ1) is 13.8. The van der Waals surface area contributed by atoms with E-state index in [1.807, 2.05) is 7.05 Å². The number of hydrogen-bond donors (Lipinski definition) is 1. The highest BCUT2D eigenvalue weighted by Crippen LogP contribution is 2.28. The quantitative estimate of drug-likeness (QED) is 0.712. The molecule has 0 aromatic rings. The summed E-state index contributed by atoms with van der Waals surface area (Å²) in [7, 11) is 5.50. The number of likely N-dealkylation sites (N-methyl/N-ethyl adjacent to an activating group) is 2. The summed E-state index contributed by atoms with van der Waals surface area (Å²) in [6.07, 6.45) is 3.84. The van der Waals surface area contributed by atoms with Crippen LogP contribution in [0, 0.1) is 0 Å². The second-order valence-corrected chi connectivity index (χ2v) is 5.46. The summed E-state index contributed by atoms with van der Waals surface area (Å²) in [5, 5.41) is 3.05. The Labute approximate surface area is 109 Å². The molecule has 2 bridgehead atoms. The van der Waals surface area contributed by atoms with Gasteiger partial charge in [0.25, 0.3) is 0 Å². The van der Waals surface area contributed by atoms with E-state index in [-0.39, 0.29) is 12.0 Å². The largest absolute Gasteiger partial charge is 0.468 e. The summed E-state index contributed by atoms with van der Waals surface area (Å²) in [5.41, 5.74) is 0. The van der Waals surface area contributed by atoms with Gasteiger partial charge in [0.1, 0.15) is 6.04 Å². The molecule has 2 aliphatic heterocycles. The topological polar surface area (TPSA) is 44.8 Å². The molecule has 0 amide bonds. The van der Waals surface area contributed by atoms with Crippen molar-refractivity contribution in [3.8, 4) is 0 Å². The molecule has 5 heteroatoms. The van der Waals surface area contributed by atoms with E-state index >= 15 is 0 Å². The number of rotatable bonds is 4. The minimum atomic E-state index is -0.211. The molecule has 0 spiro atoms. The fraction of sp³-hybridized carbons (Fsp3) is 0.923. The Bertz CT molecular complexity index is 298. The number of carbonyl (C=O) groups is 1. The second-order valence-electron chi connectivity index (χ2n) is 5.46. The Hall–Kier alpha value is -0.650. The molecule has 5 nitrogen and oxygen atoms in total. The van der Waals surface area contributed by atoms with Crippen LogP contribution in [0.5, 0.6) is 0 Å². The van der Waals surface area contributed by atoms with Gasteiger partial charge in [0.15, 0.2) is 0 Å². The predicted octanol–water partition coefficient (Wildman–Crippen LogP) is -0.0841. The van der Waals surface area contributed by atoms with Crippen molar-refractivity contribution in [2.24, 2.45) is 0 Å². The van der Waals surface area contributed by atoms with E-state index in [1.165, 1.54) is 26.4 Å². The zero-order chi connectivity index (χ0) is 13.1. The zero-order valence-corrected chi connectivity index (χ0v) is 11.7. The van der Waals surface area contributed by atoms with E-state index in [0.717, 1.165) is 25.7 Å². The minimum Gasteiger partial charge on any atom is -0.468 e. The minimum absolute atomic E-state index is 0.166. The fourth-order valence-electron chi connectivity index (χ4n) is 3.23. The monoisotopic (exact) mass is 255 g/mol. The Morgan fingerprint density at radius 3 is 2.78 bits per heavy atom. The Morgan fingerprint density at radius 1 is 1.39 bits per heavy atom. The van der Waals surface area contributed by atoms with Crippen molar-refractivity contribution < 1.29 is 9.53 Å². The molecule has 0 radical (unpaired) electrons. The number of nitrogens with one attached hydrogen (secondary N) is 1. The van der Waals surface area contributed by atoms with E-state index in [0.29, 0.717) is 6.04 Å². The third kappa shape index (κ3) is 2.84. The van der Waals surface area contributed by atoms with E-state index in [1.54, 1.807) is 0 Å². The van der Waals surface area contributed by atoms with E-state index < -0.39 is 0 Å². The molecular formula is C13H25N3O2. The van der Waals surface area contributed by atoms with E-state index in [4.69, 9.17) is 4.74 Å². The van der Waals surface area contributed by atoms with Crippen LogP contribution < -0.4 is 5.32 Å². The van der Waals surface area contributed by atoms with Crippen molar-refractivity contribution in [3.63, 3.8) is 0 Å². The van der Waals surface area contributed by atoms with Gasteiger partial charge in [-0.2, -0.15) is 0 Å². The van der Waals surface area contributed by atoms with Crippen molar-refractivity contribution in [3.05, 3.63) is 0 Å². The highest BCUT2D eigenvalue weighted by Gasteiger charge is 2.35. The summed E-state index contributed by atoms with van der Waals surface area (Å²) in [5.74, 6) is -0.166. The maximum Gasteiger partial charge on any atom is 0.324 e. The first-order chi connectivity index (χ1) is 8.65. The average Bonchev–Trinajstić information content (AvgIpc) is 2.62. The molecule has 0 saturated carbocycles. The summed E-state index contributed by atoms with van der Waals surface area (Å²) in [6.45, 7) is 2.91. The van der Waals surface area contributed by atoms with Gasteiger partial charge in [-0.3, -0.25) is 14.6 Å². The molecule has 0 aliphatic carbocycles. The Kier molecular flexibility index (Phi) is 4.59. The molecule has 1 N–H and O–H groups in total. The maximum absolute atomic E-state index is 11.6. The first-order valence-electron chi connectivity index (χ1n) is 6.85. The summed E-state index contributed by atoms with van der Waals surface area (Å²) in [4.78, 5) is 16.5. The lowest BCUT2D eigenvalue weighted by atomic mass is 10.1. The predicted molar refractivity (Wildman–Crippen MR) is 70.5 cm³/mol. The number of fused-ring (bicyclic) bond motifs is 2. The second kappa shape index (κ2) is 5.99. The highest BCUT2D eigenvalue weighted by atomic mass is 16.5. The van der Waals surface area contributed by atoms with Gasteiger partial charge in [-0.25, -0.2) is 0 Å². The van der Waals surface area contributed by atoms with Crippen LogP contribution in [0.15, 0.2) is 0 Å². The van der Waals surface area contributed by atoms with Gasteiger partial charge < -0.3 is 10.1 Å². The number of nitrogens with zero attached hydrogens (tertiary/aromatic N) is 2. The van der Waals surface area contributed by atoms with Crippen LogP contribution >= 0.6 is 0 Å². The average molecular weight is 255 g/mol. The molecule has 2 aliphatic rings. The third-order valence-electron chi connectivity index (χ3n) is 4.51. The van der Waals surface area contributed by atoms with Crippen LogP contribution in [-0.2, 0) is 9.53 Å². The lowest BCUT2D eigenvalue weighted by molar-refractivity contribution is -0.143. The standard InChI is InChI=1S/C13H25N3O2/c1-14-12(13(17)18-3)9-16-7-6-10-4-5-11(8-16)15(10)2/h10-12,14H,4-9H2,1-3H3. The van der Waals surface area contributed by atoms with Crippen molar-refractivity contribution in [2.75, 3.05) is 40.8 Å². The van der Waals surface area contributed by atoms with Crippen LogP contribution in [-0.4, -0.2) is 74.7 Å². The summed E-state index contributed by atoms with van der Waals surface area (Å²) >= 11 is 0. The van der Waals surface area contributed by atoms with Crippen molar-refractivity contribution in [2.45, 2.75) is 37.4 Å². The SMILES string of the molecule is CNC(CN1CCC2CCC(C1)N2C)C(=O)OC. The molecule has 2 rings (SSSR count). The van der Waals surface area contributed by atoms with Crippen LogP contribution in [0.4, 0.5) is 0 Å². The van der Waals surface area contributed by atoms with Crippen LogP contribution in [0.2, 0.25) is 0 Å². The van der Waals surface area contributed by atoms with Crippen molar-refractivity contribution >= 4 is 5.97 Å². The Balaban J connectivity index is 1.92. The number of likely N-dealkylation sites (tertiary alicyclic amines) is 1. The number of esters is 1. The molecule has 0 aromatic heterocycles. The molecule has 0 aromatic carbocycles.